The summed E-state index contributed by atoms with van der Waals surface area (Å²) in [6.07, 6.45) is 2.59. The number of hydrogen-bond donors (Lipinski definition) is 2. The third-order valence-electron chi connectivity index (χ3n) is 2.35. The van der Waals surface area contributed by atoms with E-state index in [0.717, 1.165) is 0 Å². The Kier molecular flexibility index (Phi) is 3.21. The van der Waals surface area contributed by atoms with Crippen molar-refractivity contribution in [3.8, 4) is 0 Å². The Bertz CT molecular complexity index is 709. The first-order chi connectivity index (χ1) is 8.90. The summed E-state index contributed by atoms with van der Waals surface area (Å²) in [6.45, 7) is 1.65. The molecule has 0 aliphatic carbocycles. The minimum atomic E-state index is -4.03. The molecule has 0 fully saturated rings. The van der Waals surface area contributed by atoms with E-state index in [9.17, 15) is 18.5 Å². The van der Waals surface area contributed by atoms with Crippen molar-refractivity contribution in [2.75, 3.05) is 4.72 Å². The monoisotopic (exact) mass is 282 g/mol. The highest BCUT2D eigenvalue weighted by Gasteiger charge is 2.26. The van der Waals surface area contributed by atoms with Crippen molar-refractivity contribution >= 4 is 21.4 Å². The molecule has 9 heteroatoms. The number of nitrogens with zero attached hydrogens (tertiary/aromatic N) is 2. The molecule has 2 N–H and O–H groups in total. The lowest BCUT2D eigenvalue weighted by atomic mass is 10.2. The molecule has 0 saturated heterocycles. The first kappa shape index (κ1) is 13.0. The Hall–Kier alpha value is -2.42. The predicted molar refractivity (Wildman–Crippen MR) is 67.2 cm³/mol. The minimum absolute atomic E-state index is 0.204. The second kappa shape index (κ2) is 4.69. The van der Waals surface area contributed by atoms with Crippen LogP contribution < -0.4 is 4.72 Å². The number of aromatic nitrogens is 2. The normalized spacial score (nSPS) is 11.2. The SMILES string of the molecule is Cc1ccc(S(=O)(=O)Nc2cn[nH]c2)c([N+](=O)[O-])c1. The number of aryl methyl sites for hydroxylation is 1. The molecule has 0 unspecified atom stereocenters. The van der Waals surface area contributed by atoms with Gasteiger partial charge >= 0.3 is 0 Å². The van der Waals surface area contributed by atoms with Crippen molar-refractivity contribution in [3.63, 3.8) is 0 Å². The third-order valence-corrected chi connectivity index (χ3v) is 3.78. The summed E-state index contributed by atoms with van der Waals surface area (Å²) in [5.41, 5.74) is 0.347. The summed E-state index contributed by atoms with van der Waals surface area (Å²) < 4.78 is 26.4. The highest BCUT2D eigenvalue weighted by Crippen LogP contribution is 2.26. The average Bonchev–Trinajstić information content (AvgIpc) is 2.80. The Labute approximate surface area is 108 Å². The van der Waals surface area contributed by atoms with Gasteiger partial charge in [-0.3, -0.25) is 19.9 Å². The number of rotatable bonds is 4. The number of hydrogen-bond acceptors (Lipinski definition) is 5. The van der Waals surface area contributed by atoms with Gasteiger partial charge in [-0.2, -0.15) is 5.10 Å². The first-order valence-electron chi connectivity index (χ1n) is 5.17. The standard InChI is InChI=1S/C10H10N4O4S/c1-7-2-3-10(9(4-7)14(15)16)19(17,18)13-8-5-11-12-6-8/h2-6,13H,1H3,(H,11,12). The number of benzene rings is 1. The van der Waals surface area contributed by atoms with E-state index in [4.69, 9.17) is 0 Å². The number of sulfonamides is 1. The van der Waals surface area contributed by atoms with Gasteiger partial charge in [0, 0.05) is 12.3 Å². The molecule has 0 spiro atoms. The van der Waals surface area contributed by atoms with Gasteiger partial charge in [0.15, 0.2) is 4.90 Å². The third kappa shape index (κ3) is 2.71. The highest BCUT2D eigenvalue weighted by molar-refractivity contribution is 7.92. The van der Waals surface area contributed by atoms with Crippen LogP contribution in [-0.2, 0) is 10.0 Å². The maximum Gasteiger partial charge on any atom is 0.290 e. The minimum Gasteiger partial charge on any atom is -0.284 e. The summed E-state index contributed by atoms with van der Waals surface area (Å²) in [6, 6.07) is 3.91. The quantitative estimate of drug-likeness (QED) is 0.649. The van der Waals surface area contributed by atoms with E-state index < -0.39 is 20.6 Å². The lowest BCUT2D eigenvalue weighted by Crippen LogP contribution is -2.14. The van der Waals surface area contributed by atoms with Gasteiger partial charge in [0.05, 0.1) is 16.8 Å². The molecule has 2 rings (SSSR count). The van der Waals surface area contributed by atoms with Gasteiger partial charge in [0.2, 0.25) is 0 Å². The number of anilines is 1. The van der Waals surface area contributed by atoms with E-state index in [2.05, 4.69) is 14.9 Å². The van der Waals surface area contributed by atoms with Crippen LogP contribution in [-0.4, -0.2) is 23.5 Å². The molecule has 1 aromatic carbocycles. The van der Waals surface area contributed by atoms with Crippen molar-refractivity contribution in [2.45, 2.75) is 11.8 Å². The molecule has 0 radical (unpaired) electrons. The largest absolute Gasteiger partial charge is 0.290 e. The molecule has 0 atom stereocenters. The van der Waals surface area contributed by atoms with Crippen LogP contribution >= 0.6 is 0 Å². The van der Waals surface area contributed by atoms with E-state index in [1.165, 1.54) is 30.6 Å². The van der Waals surface area contributed by atoms with Crippen molar-refractivity contribution in [3.05, 3.63) is 46.3 Å². The van der Waals surface area contributed by atoms with E-state index in [1.807, 2.05) is 0 Å². The summed E-state index contributed by atoms with van der Waals surface area (Å²) in [4.78, 5) is 9.81. The van der Waals surface area contributed by atoms with E-state index in [1.54, 1.807) is 6.92 Å². The Morgan fingerprint density at radius 3 is 2.74 bits per heavy atom. The van der Waals surface area contributed by atoms with Crippen LogP contribution in [0.25, 0.3) is 0 Å². The smallest absolute Gasteiger partial charge is 0.284 e. The van der Waals surface area contributed by atoms with E-state index in [0.29, 0.717) is 5.56 Å². The second-order valence-electron chi connectivity index (χ2n) is 3.82. The summed E-state index contributed by atoms with van der Waals surface area (Å²) in [7, 11) is -4.03. The second-order valence-corrected chi connectivity index (χ2v) is 5.47. The fourth-order valence-electron chi connectivity index (χ4n) is 1.51. The zero-order valence-electron chi connectivity index (χ0n) is 9.82. The van der Waals surface area contributed by atoms with Crippen LogP contribution in [0, 0.1) is 17.0 Å². The summed E-state index contributed by atoms with van der Waals surface area (Å²) in [5, 5.41) is 16.9. The van der Waals surface area contributed by atoms with Crippen LogP contribution in [0.4, 0.5) is 11.4 Å². The van der Waals surface area contributed by atoms with Crippen molar-refractivity contribution in [2.24, 2.45) is 0 Å². The van der Waals surface area contributed by atoms with Crippen LogP contribution in [0.1, 0.15) is 5.56 Å². The molecular weight excluding hydrogens is 272 g/mol. The maximum absolute atomic E-state index is 12.1. The molecule has 1 heterocycles. The van der Waals surface area contributed by atoms with Gasteiger partial charge in [0.25, 0.3) is 15.7 Å². The topological polar surface area (TPSA) is 118 Å². The van der Waals surface area contributed by atoms with Gasteiger partial charge in [-0.05, 0) is 18.6 Å². The maximum atomic E-state index is 12.1. The fraction of sp³-hybridized carbons (Fsp3) is 0.100. The van der Waals surface area contributed by atoms with E-state index >= 15 is 0 Å². The number of nitrogens with one attached hydrogen (secondary N) is 2. The van der Waals surface area contributed by atoms with Gasteiger partial charge in [-0.25, -0.2) is 8.42 Å². The van der Waals surface area contributed by atoms with Gasteiger partial charge in [-0.1, -0.05) is 6.07 Å². The average molecular weight is 282 g/mol. The summed E-state index contributed by atoms with van der Waals surface area (Å²) in [5.74, 6) is 0. The number of aromatic amines is 1. The molecule has 0 aliphatic heterocycles. The molecule has 1 aromatic heterocycles. The zero-order valence-corrected chi connectivity index (χ0v) is 10.6. The van der Waals surface area contributed by atoms with Crippen LogP contribution in [0.15, 0.2) is 35.5 Å². The van der Waals surface area contributed by atoms with Crippen LogP contribution in [0.5, 0.6) is 0 Å². The van der Waals surface area contributed by atoms with Crippen LogP contribution in [0.3, 0.4) is 0 Å². The van der Waals surface area contributed by atoms with Gasteiger partial charge < -0.3 is 0 Å². The van der Waals surface area contributed by atoms with Crippen LogP contribution in [0.2, 0.25) is 0 Å². The molecule has 0 bridgehead atoms. The molecule has 8 nitrogen and oxygen atoms in total. The highest BCUT2D eigenvalue weighted by atomic mass is 32.2. The molecular formula is C10H10N4O4S. The Balaban J connectivity index is 2.49. The molecule has 19 heavy (non-hydrogen) atoms. The van der Waals surface area contributed by atoms with Crippen molar-refractivity contribution < 1.29 is 13.3 Å². The van der Waals surface area contributed by atoms with Crippen molar-refractivity contribution in [1.82, 2.24) is 10.2 Å². The Morgan fingerprint density at radius 2 is 2.16 bits per heavy atom. The fourth-order valence-corrected chi connectivity index (χ4v) is 2.70. The molecule has 0 saturated carbocycles. The lowest BCUT2D eigenvalue weighted by molar-refractivity contribution is -0.387. The molecule has 0 aliphatic rings. The van der Waals surface area contributed by atoms with Gasteiger partial charge in [0.1, 0.15) is 0 Å². The lowest BCUT2D eigenvalue weighted by Gasteiger charge is -2.06. The first-order valence-corrected chi connectivity index (χ1v) is 6.65. The number of nitro benzene ring substituents is 1. The molecule has 100 valence electrons. The van der Waals surface area contributed by atoms with Crippen molar-refractivity contribution in [1.29, 1.82) is 0 Å². The predicted octanol–water partition coefficient (Wildman–Crippen LogP) is 1.43. The zero-order chi connectivity index (χ0) is 14.0. The van der Waals surface area contributed by atoms with Gasteiger partial charge in [-0.15, -0.1) is 0 Å². The number of nitro groups is 1. The molecule has 2 aromatic rings. The molecule has 0 amide bonds. The summed E-state index contributed by atoms with van der Waals surface area (Å²) >= 11 is 0. The number of H-pyrrole nitrogens is 1. The Morgan fingerprint density at radius 1 is 1.42 bits per heavy atom. The van der Waals surface area contributed by atoms with E-state index in [-0.39, 0.29) is 10.6 Å².